The molecule has 0 spiro atoms. The second kappa shape index (κ2) is 4.42. The number of nitrogens with zero attached hydrogens (tertiary/aromatic N) is 2. The van der Waals surface area contributed by atoms with Gasteiger partial charge in [0.2, 0.25) is 5.82 Å². The number of hydrogen-bond donors (Lipinski definition) is 1. The molecule has 1 aromatic heterocycles. The van der Waals surface area contributed by atoms with Gasteiger partial charge >= 0.3 is 0 Å². The molecule has 0 radical (unpaired) electrons. The molecule has 0 amide bonds. The van der Waals surface area contributed by atoms with E-state index in [0.717, 1.165) is 18.6 Å². The first kappa shape index (κ1) is 11.2. The molecule has 0 aliphatic carbocycles. The van der Waals surface area contributed by atoms with Crippen LogP contribution in [-0.4, -0.2) is 16.7 Å². The second-order valence-corrected chi connectivity index (χ2v) is 4.60. The van der Waals surface area contributed by atoms with Crippen LogP contribution in [0.25, 0.3) is 11.4 Å². The number of nitrogen functional groups attached to an aromatic ring is 1. The summed E-state index contributed by atoms with van der Waals surface area (Å²) in [5.74, 6) is 1.47. The summed E-state index contributed by atoms with van der Waals surface area (Å²) in [5, 5.41) is 3.98. The smallest absolute Gasteiger partial charge is 0.256 e. The maximum absolute atomic E-state index is 5.89. The zero-order chi connectivity index (χ0) is 12.5. The van der Waals surface area contributed by atoms with Crippen LogP contribution in [0, 0.1) is 5.92 Å². The van der Waals surface area contributed by atoms with Crippen LogP contribution in [0.5, 0.6) is 0 Å². The quantitative estimate of drug-likeness (QED) is 0.822. The first-order valence-electron chi connectivity index (χ1n) is 6.06. The topological polar surface area (TPSA) is 74.2 Å². The molecule has 0 saturated carbocycles. The van der Waals surface area contributed by atoms with Crippen molar-refractivity contribution in [2.24, 2.45) is 5.92 Å². The van der Waals surface area contributed by atoms with Crippen LogP contribution in [0.1, 0.15) is 25.3 Å². The van der Waals surface area contributed by atoms with E-state index in [1.165, 1.54) is 0 Å². The zero-order valence-corrected chi connectivity index (χ0v) is 10.2. The molecular formula is C13H15N3O2. The van der Waals surface area contributed by atoms with Gasteiger partial charge in [-0.2, -0.15) is 4.98 Å². The summed E-state index contributed by atoms with van der Waals surface area (Å²) in [6.07, 6.45) is 0.937. The van der Waals surface area contributed by atoms with E-state index in [4.69, 9.17) is 15.0 Å². The average molecular weight is 245 g/mol. The van der Waals surface area contributed by atoms with Gasteiger partial charge < -0.3 is 15.0 Å². The highest BCUT2D eigenvalue weighted by Crippen LogP contribution is 2.34. The Labute approximate surface area is 105 Å². The Balaban J connectivity index is 1.92. The lowest BCUT2D eigenvalue weighted by Crippen LogP contribution is -2.04. The van der Waals surface area contributed by atoms with Crippen molar-refractivity contribution >= 4 is 5.69 Å². The lowest BCUT2D eigenvalue weighted by molar-refractivity contribution is 0.0661. The minimum Gasteiger partial charge on any atom is -0.398 e. The van der Waals surface area contributed by atoms with Crippen LogP contribution < -0.4 is 5.73 Å². The first-order chi connectivity index (χ1) is 8.75. The first-order valence-corrected chi connectivity index (χ1v) is 6.06. The van der Waals surface area contributed by atoms with Gasteiger partial charge in [-0.05, 0) is 24.5 Å². The fourth-order valence-electron chi connectivity index (χ4n) is 2.17. The number of hydrogen-bond acceptors (Lipinski definition) is 5. The number of nitrogens with two attached hydrogens (primary N) is 1. The highest BCUT2D eigenvalue weighted by molar-refractivity contribution is 5.70. The number of para-hydroxylation sites is 1. The molecule has 1 fully saturated rings. The third kappa shape index (κ3) is 1.86. The summed E-state index contributed by atoms with van der Waals surface area (Å²) in [4.78, 5) is 4.39. The standard InChI is InChI=1S/C13H15N3O2/c1-8-6-7-17-11(8)13-15-12(16-18-13)9-4-2-3-5-10(9)14/h2-5,8,11H,6-7,14H2,1H3. The Kier molecular flexibility index (Phi) is 2.76. The highest BCUT2D eigenvalue weighted by atomic mass is 16.5. The number of anilines is 1. The van der Waals surface area contributed by atoms with Crippen molar-refractivity contribution in [3.05, 3.63) is 30.2 Å². The van der Waals surface area contributed by atoms with Crippen LogP contribution >= 0.6 is 0 Å². The molecule has 0 bridgehead atoms. The number of ether oxygens (including phenoxy) is 1. The molecule has 2 N–H and O–H groups in total. The predicted octanol–water partition coefficient (Wildman–Crippen LogP) is 2.42. The molecule has 94 valence electrons. The molecule has 2 aromatic rings. The van der Waals surface area contributed by atoms with E-state index in [0.29, 0.717) is 23.3 Å². The summed E-state index contributed by atoms with van der Waals surface area (Å²) in [7, 11) is 0. The minimum atomic E-state index is -0.0869. The Morgan fingerprint density at radius 3 is 2.89 bits per heavy atom. The summed E-state index contributed by atoms with van der Waals surface area (Å²) >= 11 is 0. The average Bonchev–Trinajstić information content (AvgIpc) is 2.98. The van der Waals surface area contributed by atoms with Crippen LogP contribution in [0.2, 0.25) is 0 Å². The molecule has 1 aliphatic rings. The van der Waals surface area contributed by atoms with Crippen molar-refractivity contribution in [3.8, 4) is 11.4 Å². The van der Waals surface area contributed by atoms with Crippen molar-refractivity contribution in [2.75, 3.05) is 12.3 Å². The molecule has 1 aromatic carbocycles. The van der Waals surface area contributed by atoms with Gasteiger partial charge in [0, 0.05) is 17.9 Å². The summed E-state index contributed by atoms with van der Waals surface area (Å²) in [5.41, 5.74) is 7.32. The van der Waals surface area contributed by atoms with Crippen LogP contribution in [-0.2, 0) is 4.74 Å². The molecule has 5 heteroatoms. The molecule has 2 atom stereocenters. The van der Waals surface area contributed by atoms with Gasteiger partial charge in [0.05, 0.1) is 0 Å². The van der Waals surface area contributed by atoms with Gasteiger partial charge in [-0.25, -0.2) is 0 Å². The predicted molar refractivity (Wildman–Crippen MR) is 66.6 cm³/mol. The third-order valence-electron chi connectivity index (χ3n) is 3.27. The normalized spacial score (nSPS) is 23.4. The van der Waals surface area contributed by atoms with Gasteiger partial charge in [0.25, 0.3) is 5.89 Å². The van der Waals surface area contributed by atoms with E-state index >= 15 is 0 Å². The summed E-state index contributed by atoms with van der Waals surface area (Å²) < 4.78 is 10.9. The van der Waals surface area contributed by atoms with Crippen molar-refractivity contribution in [3.63, 3.8) is 0 Å². The maximum Gasteiger partial charge on any atom is 0.256 e. The van der Waals surface area contributed by atoms with Crippen LogP contribution in [0.15, 0.2) is 28.8 Å². The molecule has 2 unspecified atom stereocenters. The van der Waals surface area contributed by atoms with Crippen LogP contribution in [0.4, 0.5) is 5.69 Å². The van der Waals surface area contributed by atoms with Crippen LogP contribution in [0.3, 0.4) is 0 Å². The summed E-state index contributed by atoms with van der Waals surface area (Å²) in [6.45, 7) is 2.87. The van der Waals surface area contributed by atoms with E-state index in [1.54, 1.807) is 0 Å². The van der Waals surface area contributed by atoms with Crippen molar-refractivity contribution in [1.29, 1.82) is 0 Å². The van der Waals surface area contributed by atoms with Gasteiger partial charge in [-0.1, -0.05) is 24.2 Å². The SMILES string of the molecule is CC1CCOC1c1nc(-c2ccccc2N)no1. The Bertz CT molecular complexity index is 553. The monoisotopic (exact) mass is 245 g/mol. The highest BCUT2D eigenvalue weighted by Gasteiger charge is 2.31. The lowest BCUT2D eigenvalue weighted by atomic mass is 10.0. The number of rotatable bonds is 2. The molecule has 3 rings (SSSR count). The van der Waals surface area contributed by atoms with Crippen molar-refractivity contribution in [1.82, 2.24) is 10.1 Å². The molecule has 1 saturated heterocycles. The molecule has 18 heavy (non-hydrogen) atoms. The van der Waals surface area contributed by atoms with E-state index < -0.39 is 0 Å². The Morgan fingerprint density at radius 1 is 1.33 bits per heavy atom. The van der Waals surface area contributed by atoms with Gasteiger partial charge in [0.15, 0.2) is 0 Å². The summed E-state index contributed by atoms with van der Waals surface area (Å²) in [6, 6.07) is 7.47. The molecule has 5 nitrogen and oxygen atoms in total. The van der Waals surface area contributed by atoms with E-state index in [1.807, 2.05) is 24.3 Å². The second-order valence-electron chi connectivity index (χ2n) is 4.60. The van der Waals surface area contributed by atoms with Crippen molar-refractivity contribution < 1.29 is 9.26 Å². The zero-order valence-electron chi connectivity index (χ0n) is 10.2. The maximum atomic E-state index is 5.89. The fourth-order valence-corrected chi connectivity index (χ4v) is 2.17. The molecular weight excluding hydrogens is 230 g/mol. The van der Waals surface area contributed by atoms with Gasteiger partial charge in [-0.15, -0.1) is 0 Å². The Morgan fingerprint density at radius 2 is 2.17 bits per heavy atom. The lowest BCUT2D eigenvalue weighted by Gasteiger charge is -2.07. The third-order valence-corrected chi connectivity index (χ3v) is 3.27. The molecule has 1 aliphatic heterocycles. The Hall–Kier alpha value is -1.88. The largest absolute Gasteiger partial charge is 0.398 e. The van der Waals surface area contributed by atoms with E-state index in [-0.39, 0.29) is 6.10 Å². The van der Waals surface area contributed by atoms with Gasteiger partial charge in [0.1, 0.15) is 6.10 Å². The van der Waals surface area contributed by atoms with Gasteiger partial charge in [-0.3, -0.25) is 0 Å². The number of aromatic nitrogens is 2. The van der Waals surface area contributed by atoms with E-state index in [2.05, 4.69) is 17.1 Å². The minimum absolute atomic E-state index is 0.0869. The van der Waals surface area contributed by atoms with E-state index in [9.17, 15) is 0 Å². The molecule has 2 heterocycles. The number of benzene rings is 1. The van der Waals surface area contributed by atoms with Crippen molar-refractivity contribution in [2.45, 2.75) is 19.4 Å². The fraction of sp³-hybridized carbons (Fsp3) is 0.385.